The van der Waals surface area contributed by atoms with Crippen LogP contribution in [0.4, 0.5) is 8.78 Å². The zero-order valence-electron chi connectivity index (χ0n) is 21.4. The molecule has 1 nitrogen and oxygen atoms in total. The molecule has 0 spiro atoms. The van der Waals surface area contributed by atoms with E-state index >= 15 is 8.78 Å². The lowest BCUT2D eigenvalue weighted by Crippen LogP contribution is -2.68. The highest BCUT2D eigenvalue weighted by Gasteiger charge is 2.60. The van der Waals surface area contributed by atoms with Crippen LogP contribution < -0.4 is 4.57 Å². The van der Waals surface area contributed by atoms with Crippen molar-refractivity contribution < 1.29 is 13.3 Å². The molecule has 2 aliphatic rings. The molecule has 2 atom stereocenters. The highest BCUT2D eigenvalue weighted by Crippen LogP contribution is 2.58. The van der Waals surface area contributed by atoms with Crippen molar-refractivity contribution in [3.8, 4) is 11.3 Å². The summed E-state index contributed by atoms with van der Waals surface area (Å²) < 4.78 is 34.0. The number of allylic oxidation sites excluding steroid dienone is 1. The predicted octanol–water partition coefficient (Wildman–Crippen LogP) is 8.03. The van der Waals surface area contributed by atoms with Crippen LogP contribution in [0.1, 0.15) is 89.5 Å². The van der Waals surface area contributed by atoms with Crippen LogP contribution in [0.2, 0.25) is 0 Å². The van der Waals surface area contributed by atoms with Crippen LogP contribution in [0.5, 0.6) is 0 Å². The van der Waals surface area contributed by atoms with E-state index in [-0.39, 0.29) is 17.0 Å². The Kier molecular flexibility index (Phi) is 5.10. The van der Waals surface area contributed by atoms with E-state index in [4.69, 9.17) is 0 Å². The zero-order valence-corrected chi connectivity index (χ0v) is 21.4. The smallest absolute Gasteiger partial charge is 0.207 e. The van der Waals surface area contributed by atoms with Crippen molar-refractivity contribution in [3.05, 3.63) is 77.0 Å². The second-order valence-corrected chi connectivity index (χ2v) is 11.0. The van der Waals surface area contributed by atoms with E-state index in [2.05, 4.69) is 58.8 Å². The molecule has 34 heavy (non-hydrogen) atoms. The lowest BCUT2D eigenvalue weighted by Gasteiger charge is -2.49. The van der Waals surface area contributed by atoms with Crippen LogP contribution in [0.15, 0.2) is 43.1 Å². The van der Waals surface area contributed by atoms with Crippen molar-refractivity contribution >= 4 is 10.8 Å². The van der Waals surface area contributed by atoms with Gasteiger partial charge in [0.2, 0.25) is 5.69 Å². The van der Waals surface area contributed by atoms with E-state index < -0.39 is 11.0 Å². The van der Waals surface area contributed by atoms with Crippen molar-refractivity contribution in [1.29, 1.82) is 0 Å². The Morgan fingerprint density at radius 3 is 2.35 bits per heavy atom. The maximum Gasteiger partial charge on any atom is 0.222 e. The molecule has 1 aliphatic carbocycles. The van der Waals surface area contributed by atoms with Crippen molar-refractivity contribution in [1.82, 2.24) is 0 Å². The summed E-state index contributed by atoms with van der Waals surface area (Å²) in [5.41, 5.74) is 4.30. The van der Waals surface area contributed by atoms with E-state index in [1.807, 2.05) is 24.4 Å². The second-order valence-electron chi connectivity index (χ2n) is 11.0. The largest absolute Gasteiger partial charge is 0.222 e. The molecule has 0 bridgehead atoms. The first-order valence-corrected chi connectivity index (χ1v) is 12.8. The first-order chi connectivity index (χ1) is 16.1. The number of benzene rings is 2. The fourth-order valence-electron chi connectivity index (χ4n) is 7.17. The Morgan fingerprint density at radius 2 is 1.74 bits per heavy atom. The van der Waals surface area contributed by atoms with Gasteiger partial charge in [-0.2, -0.15) is 4.57 Å². The molecule has 3 aromatic rings. The molecule has 5 rings (SSSR count). The number of aryl methyl sites for hydroxylation is 1. The van der Waals surface area contributed by atoms with E-state index in [1.165, 1.54) is 0 Å². The number of pyridine rings is 1. The van der Waals surface area contributed by atoms with Crippen LogP contribution in [0, 0.1) is 11.6 Å². The first-order valence-electron chi connectivity index (χ1n) is 12.8. The van der Waals surface area contributed by atoms with Crippen molar-refractivity contribution in [2.75, 3.05) is 0 Å². The number of aromatic nitrogens is 1. The monoisotopic (exact) mass is 460 g/mol. The van der Waals surface area contributed by atoms with Crippen LogP contribution in [0.3, 0.4) is 0 Å². The molecule has 2 heterocycles. The van der Waals surface area contributed by atoms with E-state index in [0.717, 1.165) is 64.6 Å². The molecule has 1 aliphatic heterocycles. The van der Waals surface area contributed by atoms with Crippen LogP contribution in [-0.4, -0.2) is 0 Å². The summed E-state index contributed by atoms with van der Waals surface area (Å²) in [7, 11) is 0. The van der Waals surface area contributed by atoms with Gasteiger partial charge < -0.3 is 0 Å². The summed E-state index contributed by atoms with van der Waals surface area (Å²) in [5, 5.41) is 1.58. The molecule has 0 amide bonds. The van der Waals surface area contributed by atoms with Crippen LogP contribution >= 0.6 is 0 Å². The topological polar surface area (TPSA) is 3.88 Å². The van der Waals surface area contributed by atoms with Gasteiger partial charge in [-0.05, 0) is 55.0 Å². The van der Waals surface area contributed by atoms with E-state index in [0.29, 0.717) is 11.8 Å². The Morgan fingerprint density at radius 1 is 1.00 bits per heavy atom. The van der Waals surface area contributed by atoms with Crippen LogP contribution in [-0.2, 0) is 22.8 Å². The van der Waals surface area contributed by atoms with Gasteiger partial charge >= 0.3 is 0 Å². The SMILES string of the molecule is C=CC1(CC)[n+]2ccc3c(F)c(CCCC)cc4c3c2-c2c(ccc(F)c2C4(C)C)C1(C)CC. The fraction of sp³-hybridized carbons (Fsp3) is 0.452. The summed E-state index contributed by atoms with van der Waals surface area (Å²) in [5.74, 6) is -0.309. The molecule has 0 saturated heterocycles. The van der Waals surface area contributed by atoms with Crippen molar-refractivity contribution in [3.63, 3.8) is 0 Å². The Bertz CT molecular complexity index is 1350. The summed E-state index contributed by atoms with van der Waals surface area (Å²) in [6.45, 7) is 17.3. The van der Waals surface area contributed by atoms with Gasteiger partial charge in [-0.3, -0.25) is 0 Å². The number of halogens is 2. The average Bonchev–Trinajstić information content (AvgIpc) is 2.82. The van der Waals surface area contributed by atoms with Gasteiger partial charge in [0.15, 0.2) is 11.7 Å². The minimum Gasteiger partial charge on any atom is -0.207 e. The van der Waals surface area contributed by atoms with Gasteiger partial charge in [0.25, 0.3) is 0 Å². The standard InChI is InChI=1S/C31H36F2N/c1-8-12-13-19-18-22-24-20(27(19)33)16-17-34-28(24)25-21(14-15-23(32)26(25)29(22,5)6)30(7,9-2)31(34,10-3)11-4/h10,14-18H,3,8-9,11-13H2,1-2,4-7H3/q+1. The lowest BCUT2D eigenvalue weighted by atomic mass is 9.56. The maximum absolute atomic E-state index is 15.9. The van der Waals surface area contributed by atoms with Crippen molar-refractivity contribution in [2.24, 2.45) is 0 Å². The molecule has 2 unspecified atom stereocenters. The second kappa shape index (κ2) is 7.47. The van der Waals surface area contributed by atoms with Gasteiger partial charge in [0.1, 0.15) is 11.6 Å². The Labute approximate surface area is 202 Å². The number of unbranched alkanes of at least 4 members (excludes halogenated alkanes) is 1. The quantitative estimate of drug-likeness (QED) is 0.259. The molecule has 0 fully saturated rings. The summed E-state index contributed by atoms with van der Waals surface area (Å²) >= 11 is 0. The van der Waals surface area contributed by atoms with E-state index in [1.54, 1.807) is 6.07 Å². The fourth-order valence-corrected chi connectivity index (χ4v) is 7.17. The molecule has 2 aromatic carbocycles. The first kappa shape index (κ1) is 23.2. The highest BCUT2D eigenvalue weighted by molar-refractivity contribution is 6.02. The van der Waals surface area contributed by atoms with Crippen LogP contribution in [0.25, 0.3) is 22.0 Å². The molecule has 0 saturated carbocycles. The molecule has 0 N–H and O–H groups in total. The average molecular weight is 461 g/mol. The molecule has 178 valence electrons. The number of hydrogen-bond acceptors (Lipinski definition) is 0. The third-order valence-electron chi connectivity index (χ3n) is 9.30. The van der Waals surface area contributed by atoms with Gasteiger partial charge in [-0.1, -0.05) is 59.8 Å². The Balaban J connectivity index is 2.05. The third-order valence-corrected chi connectivity index (χ3v) is 9.30. The molecule has 1 aromatic heterocycles. The number of rotatable bonds is 6. The maximum atomic E-state index is 15.9. The molecular weight excluding hydrogens is 424 g/mol. The van der Waals surface area contributed by atoms with Gasteiger partial charge in [-0.15, -0.1) is 0 Å². The zero-order chi connectivity index (χ0) is 24.6. The molecular formula is C31H36F2N+. The number of hydrogen-bond donors (Lipinski definition) is 0. The summed E-state index contributed by atoms with van der Waals surface area (Å²) in [4.78, 5) is 0. The number of nitrogens with zero attached hydrogens (tertiary/aromatic N) is 1. The lowest BCUT2D eigenvalue weighted by molar-refractivity contribution is -0.755. The van der Waals surface area contributed by atoms with Gasteiger partial charge in [0.05, 0.1) is 16.4 Å². The minimum absolute atomic E-state index is 0.127. The van der Waals surface area contributed by atoms with Crippen molar-refractivity contribution in [2.45, 2.75) is 90.0 Å². The predicted molar refractivity (Wildman–Crippen MR) is 136 cm³/mol. The normalized spacial score (nSPS) is 23.9. The highest BCUT2D eigenvalue weighted by atomic mass is 19.1. The van der Waals surface area contributed by atoms with Gasteiger partial charge in [0, 0.05) is 28.9 Å². The third kappa shape index (κ3) is 2.51. The van der Waals surface area contributed by atoms with Gasteiger partial charge in [-0.25, -0.2) is 8.78 Å². The summed E-state index contributed by atoms with van der Waals surface area (Å²) in [6.07, 6.45) is 8.45. The van der Waals surface area contributed by atoms with E-state index in [9.17, 15) is 0 Å². The summed E-state index contributed by atoms with van der Waals surface area (Å²) in [6, 6.07) is 7.59. The molecule has 0 radical (unpaired) electrons. The molecule has 3 heteroatoms. The minimum atomic E-state index is -0.580. The Hall–Kier alpha value is -2.55.